The molecule has 0 radical (unpaired) electrons. The normalized spacial score (nSPS) is 10.4. The summed E-state index contributed by atoms with van der Waals surface area (Å²) in [6.45, 7) is 3.05. The molecule has 0 aliphatic rings. The van der Waals surface area contributed by atoms with Crippen LogP contribution in [-0.2, 0) is 0 Å². The first-order chi connectivity index (χ1) is 12.5. The predicted molar refractivity (Wildman–Crippen MR) is 103 cm³/mol. The largest absolute Gasteiger partial charge is 0.506 e. The molecule has 4 nitrogen and oxygen atoms in total. The van der Waals surface area contributed by atoms with E-state index < -0.39 is 0 Å². The number of anilines is 3. The maximum absolute atomic E-state index is 11.5. The van der Waals surface area contributed by atoms with E-state index in [9.17, 15) is 14.7 Å². The highest BCUT2D eigenvalue weighted by atomic mass is 16.3. The van der Waals surface area contributed by atoms with Gasteiger partial charge in [-0.1, -0.05) is 12.1 Å². The fourth-order valence-electron chi connectivity index (χ4n) is 2.77. The number of hydrogen-bond donors (Lipinski definition) is 1. The van der Waals surface area contributed by atoms with E-state index in [0.717, 1.165) is 11.4 Å². The minimum Gasteiger partial charge on any atom is -0.506 e. The molecule has 0 atom stereocenters. The van der Waals surface area contributed by atoms with Gasteiger partial charge < -0.3 is 10.0 Å². The van der Waals surface area contributed by atoms with Crippen LogP contribution in [0.5, 0.6) is 5.75 Å². The molecule has 0 saturated carbocycles. The number of benzene rings is 3. The summed E-state index contributed by atoms with van der Waals surface area (Å²) >= 11 is 0. The Morgan fingerprint density at radius 3 is 1.50 bits per heavy atom. The monoisotopic (exact) mass is 345 g/mol. The molecule has 130 valence electrons. The third-order valence-electron chi connectivity index (χ3n) is 4.19. The Bertz CT molecular complexity index is 886. The molecule has 3 aromatic rings. The van der Waals surface area contributed by atoms with Crippen LogP contribution in [0.25, 0.3) is 0 Å². The van der Waals surface area contributed by atoms with Crippen LogP contribution in [0.3, 0.4) is 0 Å². The topological polar surface area (TPSA) is 57.6 Å². The minimum absolute atomic E-state index is 0.00327. The van der Waals surface area contributed by atoms with E-state index in [4.69, 9.17) is 0 Å². The fourth-order valence-corrected chi connectivity index (χ4v) is 2.77. The van der Waals surface area contributed by atoms with Crippen molar-refractivity contribution in [1.29, 1.82) is 0 Å². The highest BCUT2D eigenvalue weighted by molar-refractivity contribution is 5.95. The Kier molecular flexibility index (Phi) is 4.85. The lowest BCUT2D eigenvalue weighted by molar-refractivity contribution is 0.100. The Morgan fingerprint density at radius 2 is 1.12 bits per heavy atom. The number of carbonyl (C=O) groups is 2. The van der Waals surface area contributed by atoms with Crippen LogP contribution in [0.2, 0.25) is 0 Å². The zero-order chi connectivity index (χ0) is 18.7. The van der Waals surface area contributed by atoms with Crippen molar-refractivity contribution in [2.24, 2.45) is 0 Å². The van der Waals surface area contributed by atoms with Gasteiger partial charge in [-0.05, 0) is 74.5 Å². The molecule has 0 amide bonds. The first-order valence-corrected chi connectivity index (χ1v) is 8.27. The second kappa shape index (κ2) is 7.23. The summed E-state index contributed by atoms with van der Waals surface area (Å²) in [4.78, 5) is 25.0. The van der Waals surface area contributed by atoms with E-state index in [-0.39, 0.29) is 17.3 Å². The molecule has 0 saturated heterocycles. The zero-order valence-corrected chi connectivity index (χ0v) is 14.6. The fraction of sp³-hybridized carbons (Fsp3) is 0.0909. The van der Waals surface area contributed by atoms with Crippen LogP contribution < -0.4 is 4.90 Å². The van der Waals surface area contributed by atoms with Crippen molar-refractivity contribution in [3.8, 4) is 5.75 Å². The second-order valence-electron chi connectivity index (χ2n) is 6.03. The number of hydrogen-bond acceptors (Lipinski definition) is 4. The summed E-state index contributed by atoms with van der Waals surface area (Å²) < 4.78 is 0. The van der Waals surface area contributed by atoms with Gasteiger partial charge in [0.2, 0.25) is 0 Å². The molecular formula is C22H19NO3. The van der Waals surface area contributed by atoms with E-state index >= 15 is 0 Å². The van der Waals surface area contributed by atoms with Gasteiger partial charge in [-0.15, -0.1) is 0 Å². The van der Waals surface area contributed by atoms with Crippen molar-refractivity contribution in [3.63, 3.8) is 0 Å². The number of phenolic OH excluding ortho intramolecular Hbond substituents is 1. The molecule has 0 bridgehead atoms. The standard InChI is InChI=1S/C22H19NO3/c1-15(24)17-7-11-19(12-8-17)23(21-5-3-4-6-22(21)26)20-13-9-18(10-14-20)16(2)25/h3-14,26H,1-2H3. The third-order valence-corrected chi connectivity index (χ3v) is 4.19. The van der Waals surface area contributed by atoms with Crippen molar-refractivity contribution >= 4 is 28.6 Å². The van der Waals surface area contributed by atoms with Crippen molar-refractivity contribution in [2.45, 2.75) is 13.8 Å². The Morgan fingerprint density at radius 1 is 0.692 bits per heavy atom. The zero-order valence-electron chi connectivity index (χ0n) is 14.6. The Labute approximate surface area is 152 Å². The van der Waals surface area contributed by atoms with E-state index in [0.29, 0.717) is 16.8 Å². The van der Waals surface area contributed by atoms with Crippen molar-refractivity contribution in [2.75, 3.05) is 4.90 Å². The second-order valence-corrected chi connectivity index (χ2v) is 6.03. The molecule has 1 N–H and O–H groups in total. The van der Waals surface area contributed by atoms with Crippen molar-refractivity contribution in [3.05, 3.63) is 83.9 Å². The van der Waals surface area contributed by atoms with E-state index in [1.807, 2.05) is 41.3 Å². The molecular weight excluding hydrogens is 326 g/mol. The van der Waals surface area contributed by atoms with Crippen LogP contribution in [0.15, 0.2) is 72.8 Å². The average molecular weight is 345 g/mol. The smallest absolute Gasteiger partial charge is 0.159 e. The molecule has 26 heavy (non-hydrogen) atoms. The molecule has 0 spiro atoms. The maximum atomic E-state index is 11.5. The van der Waals surface area contributed by atoms with E-state index in [1.165, 1.54) is 13.8 Å². The van der Waals surface area contributed by atoms with Gasteiger partial charge in [0, 0.05) is 22.5 Å². The quantitative estimate of drug-likeness (QED) is 0.640. The van der Waals surface area contributed by atoms with E-state index in [2.05, 4.69) is 0 Å². The predicted octanol–water partition coefficient (Wildman–Crippen LogP) is 5.27. The van der Waals surface area contributed by atoms with Gasteiger partial charge in [-0.2, -0.15) is 0 Å². The molecule has 0 aliphatic carbocycles. The van der Waals surface area contributed by atoms with Crippen LogP contribution in [0.4, 0.5) is 17.1 Å². The molecule has 0 fully saturated rings. The highest BCUT2D eigenvalue weighted by Gasteiger charge is 2.16. The average Bonchev–Trinajstić information content (AvgIpc) is 2.64. The number of para-hydroxylation sites is 2. The van der Waals surface area contributed by atoms with Gasteiger partial charge in [-0.25, -0.2) is 0 Å². The third kappa shape index (κ3) is 3.49. The number of ketones is 2. The first-order valence-electron chi connectivity index (χ1n) is 8.27. The summed E-state index contributed by atoms with van der Waals surface area (Å²) in [5.41, 5.74) is 3.45. The van der Waals surface area contributed by atoms with Gasteiger partial charge in [0.15, 0.2) is 11.6 Å². The van der Waals surface area contributed by atoms with Gasteiger partial charge in [-0.3, -0.25) is 9.59 Å². The first kappa shape index (κ1) is 17.4. The summed E-state index contributed by atoms with van der Waals surface area (Å²) in [6.07, 6.45) is 0. The van der Waals surface area contributed by atoms with Crippen LogP contribution in [-0.4, -0.2) is 16.7 Å². The lowest BCUT2D eigenvalue weighted by Gasteiger charge is -2.26. The van der Waals surface area contributed by atoms with Gasteiger partial charge in [0.1, 0.15) is 5.75 Å². The molecule has 0 aliphatic heterocycles. The lowest BCUT2D eigenvalue weighted by Crippen LogP contribution is -2.10. The van der Waals surface area contributed by atoms with Gasteiger partial charge >= 0.3 is 0 Å². The van der Waals surface area contributed by atoms with Gasteiger partial charge in [0.05, 0.1) is 5.69 Å². The molecule has 4 heteroatoms. The number of carbonyl (C=O) groups excluding carboxylic acids is 2. The molecule has 0 unspecified atom stereocenters. The molecule has 0 aromatic heterocycles. The number of aromatic hydroxyl groups is 1. The van der Waals surface area contributed by atoms with Crippen LogP contribution in [0, 0.1) is 0 Å². The van der Waals surface area contributed by atoms with Gasteiger partial charge in [0.25, 0.3) is 0 Å². The summed E-state index contributed by atoms with van der Waals surface area (Å²) in [5.74, 6) is 0.131. The minimum atomic E-state index is -0.00327. The number of phenols is 1. The summed E-state index contributed by atoms with van der Waals surface area (Å²) in [6, 6.07) is 21.4. The highest BCUT2D eigenvalue weighted by Crippen LogP contribution is 2.39. The van der Waals surface area contributed by atoms with Crippen LogP contribution in [0.1, 0.15) is 34.6 Å². The maximum Gasteiger partial charge on any atom is 0.159 e. The Balaban J connectivity index is 2.12. The number of rotatable bonds is 5. The number of nitrogens with zero attached hydrogens (tertiary/aromatic N) is 1. The van der Waals surface area contributed by atoms with Crippen LogP contribution >= 0.6 is 0 Å². The molecule has 0 heterocycles. The SMILES string of the molecule is CC(=O)c1ccc(N(c2ccc(C(C)=O)cc2)c2ccccc2O)cc1. The van der Waals surface area contributed by atoms with E-state index in [1.54, 1.807) is 36.4 Å². The molecule has 3 rings (SSSR count). The molecule has 3 aromatic carbocycles. The Hall–Kier alpha value is -3.40. The summed E-state index contributed by atoms with van der Waals surface area (Å²) in [5, 5.41) is 10.3. The lowest BCUT2D eigenvalue weighted by atomic mass is 10.1. The number of Topliss-reactive ketones (excluding diaryl/α,β-unsaturated/α-hetero) is 2. The summed E-state index contributed by atoms with van der Waals surface area (Å²) in [7, 11) is 0. The van der Waals surface area contributed by atoms with Crippen molar-refractivity contribution < 1.29 is 14.7 Å². The van der Waals surface area contributed by atoms with Crippen molar-refractivity contribution in [1.82, 2.24) is 0 Å².